The molecule has 0 unspecified atom stereocenters. The van der Waals surface area contributed by atoms with Gasteiger partial charge in [-0.1, -0.05) is 12.1 Å². The minimum Gasteiger partial charge on any atom is -0.464 e. The van der Waals surface area contributed by atoms with Gasteiger partial charge in [0.2, 0.25) is 0 Å². The predicted molar refractivity (Wildman–Crippen MR) is 74.0 cm³/mol. The van der Waals surface area contributed by atoms with Gasteiger partial charge < -0.3 is 14.6 Å². The summed E-state index contributed by atoms with van der Waals surface area (Å²) in [5, 5.41) is 3.47. The normalized spacial score (nSPS) is 14.8. The number of anilines is 2. The molecule has 2 aromatic rings. The number of furan rings is 1. The van der Waals surface area contributed by atoms with E-state index >= 15 is 0 Å². The van der Waals surface area contributed by atoms with Gasteiger partial charge in [0.05, 0.1) is 17.9 Å². The van der Waals surface area contributed by atoms with Gasteiger partial charge in [0, 0.05) is 13.1 Å². The van der Waals surface area contributed by atoms with Crippen molar-refractivity contribution < 1.29 is 4.42 Å². The molecule has 1 N–H and O–H groups in total. The van der Waals surface area contributed by atoms with Crippen molar-refractivity contribution in [3.63, 3.8) is 0 Å². The summed E-state index contributed by atoms with van der Waals surface area (Å²) in [6.07, 6.45) is 1.15. The summed E-state index contributed by atoms with van der Waals surface area (Å²) < 4.78 is 5.68. The lowest BCUT2D eigenvalue weighted by Gasteiger charge is -2.23. The van der Waals surface area contributed by atoms with E-state index in [0.29, 0.717) is 0 Å². The Hall–Kier alpha value is -1.90. The standard InChI is InChI=1S/C15H18N2O/c1-12-7-8-13(18-12)11-17-10-4-9-16-14-5-2-3-6-15(14)17/h2-3,5-8,16H,4,9-11H2,1H3. The van der Waals surface area contributed by atoms with Crippen molar-refractivity contribution in [3.8, 4) is 0 Å². The van der Waals surface area contributed by atoms with Gasteiger partial charge in [-0.05, 0) is 37.6 Å². The number of para-hydroxylation sites is 2. The van der Waals surface area contributed by atoms with Gasteiger partial charge in [0.1, 0.15) is 11.5 Å². The third-order valence-electron chi connectivity index (χ3n) is 3.31. The van der Waals surface area contributed by atoms with Crippen LogP contribution in [0.5, 0.6) is 0 Å². The Morgan fingerprint density at radius 1 is 1.22 bits per heavy atom. The summed E-state index contributed by atoms with van der Waals surface area (Å²) in [4.78, 5) is 2.38. The first-order valence-electron chi connectivity index (χ1n) is 6.46. The largest absolute Gasteiger partial charge is 0.464 e. The molecule has 0 atom stereocenters. The van der Waals surface area contributed by atoms with Gasteiger partial charge in [-0.25, -0.2) is 0 Å². The molecule has 2 heterocycles. The van der Waals surface area contributed by atoms with E-state index in [4.69, 9.17) is 4.42 Å². The van der Waals surface area contributed by atoms with Gasteiger partial charge >= 0.3 is 0 Å². The molecule has 18 heavy (non-hydrogen) atoms. The second-order valence-corrected chi connectivity index (χ2v) is 4.73. The number of fused-ring (bicyclic) bond motifs is 1. The average molecular weight is 242 g/mol. The Kier molecular flexibility index (Phi) is 2.97. The van der Waals surface area contributed by atoms with Crippen LogP contribution in [0.3, 0.4) is 0 Å². The number of hydrogen-bond donors (Lipinski definition) is 1. The van der Waals surface area contributed by atoms with E-state index in [0.717, 1.165) is 37.6 Å². The lowest BCUT2D eigenvalue weighted by molar-refractivity contribution is 0.477. The zero-order chi connectivity index (χ0) is 12.4. The molecular formula is C15H18N2O. The fraction of sp³-hybridized carbons (Fsp3) is 0.333. The molecule has 1 aromatic carbocycles. The summed E-state index contributed by atoms with van der Waals surface area (Å²) in [5.74, 6) is 2.01. The van der Waals surface area contributed by atoms with E-state index in [2.05, 4.69) is 40.5 Å². The summed E-state index contributed by atoms with van der Waals surface area (Å²) in [6.45, 7) is 4.92. The molecule has 0 saturated heterocycles. The lowest BCUT2D eigenvalue weighted by Crippen LogP contribution is -2.22. The van der Waals surface area contributed by atoms with Gasteiger partial charge in [-0.15, -0.1) is 0 Å². The number of nitrogens with zero attached hydrogens (tertiary/aromatic N) is 1. The number of benzene rings is 1. The molecule has 0 bridgehead atoms. The highest BCUT2D eigenvalue weighted by molar-refractivity contribution is 5.70. The van der Waals surface area contributed by atoms with Crippen LogP contribution >= 0.6 is 0 Å². The molecule has 1 aromatic heterocycles. The molecule has 1 aliphatic heterocycles. The Morgan fingerprint density at radius 3 is 2.94 bits per heavy atom. The van der Waals surface area contributed by atoms with E-state index in [1.807, 2.05) is 13.0 Å². The quantitative estimate of drug-likeness (QED) is 0.874. The summed E-state index contributed by atoms with van der Waals surface area (Å²) in [6, 6.07) is 12.6. The summed E-state index contributed by atoms with van der Waals surface area (Å²) >= 11 is 0. The Bertz CT molecular complexity index is 533. The second kappa shape index (κ2) is 4.77. The highest BCUT2D eigenvalue weighted by Crippen LogP contribution is 2.29. The monoisotopic (exact) mass is 242 g/mol. The molecule has 3 rings (SSSR count). The van der Waals surface area contributed by atoms with Crippen LogP contribution in [-0.4, -0.2) is 13.1 Å². The average Bonchev–Trinajstić information content (AvgIpc) is 2.68. The molecule has 3 nitrogen and oxygen atoms in total. The third-order valence-corrected chi connectivity index (χ3v) is 3.31. The summed E-state index contributed by atoms with van der Waals surface area (Å²) in [5.41, 5.74) is 2.49. The fourth-order valence-electron chi connectivity index (χ4n) is 2.43. The smallest absolute Gasteiger partial charge is 0.123 e. The zero-order valence-corrected chi connectivity index (χ0v) is 10.6. The van der Waals surface area contributed by atoms with Crippen molar-refractivity contribution in [1.29, 1.82) is 0 Å². The van der Waals surface area contributed by atoms with Gasteiger partial charge in [0.15, 0.2) is 0 Å². The Labute approximate surface area is 107 Å². The van der Waals surface area contributed by atoms with Gasteiger partial charge in [-0.3, -0.25) is 0 Å². The first kappa shape index (κ1) is 11.2. The molecule has 1 aliphatic rings. The summed E-state index contributed by atoms with van der Waals surface area (Å²) in [7, 11) is 0. The van der Waals surface area contributed by atoms with E-state index in [9.17, 15) is 0 Å². The van der Waals surface area contributed by atoms with Crippen molar-refractivity contribution >= 4 is 11.4 Å². The van der Waals surface area contributed by atoms with Crippen LogP contribution in [0, 0.1) is 6.92 Å². The van der Waals surface area contributed by atoms with Crippen LogP contribution in [0.25, 0.3) is 0 Å². The number of nitrogens with one attached hydrogen (secondary N) is 1. The van der Waals surface area contributed by atoms with Crippen LogP contribution < -0.4 is 10.2 Å². The number of rotatable bonds is 2. The highest BCUT2D eigenvalue weighted by Gasteiger charge is 2.15. The van der Waals surface area contributed by atoms with Crippen molar-refractivity contribution in [2.24, 2.45) is 0 Å². The van der Waals surface area contributed by atoms with Gasteiger partial charge in [-0.2, -0.15) is 0 Å². The van der Waals surface area contributed by atoms with Crippen molar-refractivity contribution in [2.75, 3.05) is 23.3 Å². The molecule has 3 heteroatoms. The fourth-order valence-corrected chi connectivity index (χ4v) is 2.43. The SMILES string of the molecule is Cc1ccc(CN2CCCNc3ccccc32)o1. The molecule has 94 valence electrons. The Balaban J connectivity index is 1.87. The maximum Gasteiger partial charge on any atom is 0.123 e. The van der Waals surface area contributed by atoms with E-state index in [1.54, 1.807) is 0 Å². The first-order chi connectivity index (χ1) is 8.83. The van der Waals surface area contributed by atoms with E-state index in [-0.39, 0.29) is 0 Å². The minimum absolute atomic E-state index is 0.840. The van der Waals surface area contributed by atoms with Crippen LogP contribution in [0.15, 0.2) is 40.8 Å². The van der Waals surface area contributed by atoms with Crippen molar-refractivity contribution in [3.05, 3.63) is 47.9 Å². The van der Waals surface area contributed by atoms with Crippen LogP contribution in [0.2, 0.25) is 0 Å². The minimum atomic E-state index is 0.840. The van der Waals surface area contributed by atoms with Crippen molar-refractivity contribution in [1.82, 2.24) is 0 Å². The maximum atomic E-state index is 5.68. The molecule has 0 aliphatic carbocycles. The van der Waals surface area contributed by atoms with E-state index < -0.39 is 0 Å². The molecule has 0 radical (unpaired) electrons. The molecular weight excluding hydrogens is 224 g/mol. The Morgan fingerprint density at radius 2 is 2.11 bits per heavy atom. The van der Waals surface area contributed by atoms with E-state index in [1.165, 1.54) is 11.4 Å². The third kappa shape index (κ3) is 2.21. The van der Waals surface area contributed by atoms with Crippen LogP contribution in [-0.2, 0) is 6.54 Å². The molecule has 0 fully saturated rings. The van der Waals surface area contributed by atoms with Gasteiger partial charge in [0.25, 0.3) is 0 Å². The molecule has 0 saturated carbocycles. The topological polar surface area (TPSA) is 28.4 Å². The maximum absolute atomic E-state index is 5.68. The zero-order valence-electron chi connectivity index (χ0n) is 10.6. The number of aryl methyl sites for hydroxylation is 1. The predicted octanol–water partition coefficient (Wildman–Crippen LogP) is 3.41. The highest BCUT2D eigenvalue weighted by atomic mass is 16.3. The van der Waals surface area contributed by atoms with Crippen LogP contribution in [0.1, 0.15) is 17.9 Å². The molecule has 0 spiro atoms. The second-order valence-electron chi connectivity index (χ2n) is 4.73. The lowest BCUT2D eigenvalue weighted by atomic mass is 10.2. The number of hydrogen-bond acceptors (Lipinski definition) is 3. The van der Waals surface area contributed by atoms with Crippen molar-refractivity contribution in [2.45, 2.75) is 19.9 Å². The van der Waals surface area contributed by atoms with Crippen LogP contribution in [0.4, 0.5) is 11.4 Å². The molecule has 0 amide bonds. The first-order valence-corrected chi connectivity index (χ1v) is 6.46.